The van der Waals surface area contributed by atoms with Crippen molar-refractivity contribution in [3.8, 4) is 11.1 Å². The molecule has 0 radical (unpaired) electrons. The number of benzene rings is 4. The van der Waals surface area contributed by atoms with Crippen LogP contribution in [0.5, 0.6) is 0 Å². The molecule has 0 spiro atoms. The molecule has 0 saturated heterocycles. The van der Waals surface area contributed by atoms with Crippen LogP contribution in [-0.2, 0) is 22.2 Å². The van der Waals surface area contributed by atoms with Crippen molar-refractivity contribution in [1.82, 2.24) is 0 Å². The Morgan fingerprint density at radius 2 is 1.00 bits per heavy atom. The van der Waals surface area contributed by atoms with Gasteiger partial charge in [0.2, 0.25) is 0 Å². The lowest BCUT2D eigenvalue weighted by Crippen LogP contribution is -2.00. The van der Waals surface area contributed by atoms with Crippen molar-refractivity contribution in [2.75, 3.05) is 0 Å². The summed E-state index contributed by atoms with van der Waals surface area (Å²) in [5, 5.41) is 3.35. The average Bonchev–Trinajstić information content (AvgIpc) is 2.65. The zero-order chi connectivity index (χ0) is 20.0. The van der Waals surface area contributed by atoms with Gasteiger partial charge in [0.1, 0.15) is 0 Å². The van der Waals surface area contributed by atoms with E-state index in [1.807, 2.05) is 50.2 Å². The van der Waals surface area contributed by atoms with Gasteiger partial charge < -0.3 is 9.11 Å². The van der Waals surface area contributed by atoms with E-state index in [-0.39, 0.29) is 9.79 Å². The summed E-state index contributed by atoms with van der Waals surface area (Å²) in [6.07, 6.45) is 0. The van der Waals surface area contributed by atoms with Crippen molar-refractivity contribution in [1.29, 1.82) is 0 Å². The molecule has 2 atom stereocenters. The number of rotatable bonds is 3. The van der Waals surface area contributed by atoms with E-state index < -0.39 is 22.2 Å². The van der Waals surface area contributed by atoms with Gasteiger partial charge in [-0.3, -0.25) is 0 Å². The molecule has 0 amide bonds. The van der Waals surface area contributed by atoms with Crippen molar-refractivity contribution >= 4 is 43.7 Å². The van der Waals surface area contributed by atoms with E-state index in [0.717, 1.165) is 32.7 Å². The molecule has 6 heteroatoms. The van der Waals surface area contributed by atoms with Gasteiger partial charge in [-0.15, -0.1) is 0 Å². The number of hydrogen-bond acceptors (Lipinski definition) is 2. The van der Waals surface area contributed by atoms with Gasteiger partial charge in [-0.2, -0.15) is 0 Å². The molecule has 0 bridgehead atoms. The SMILES string of the molecule is Cc1ccc2c(-c3c(S(=O)O)ccc4cc(C)ccc34)c(S(=O)O)ccc2c1. The van der Waals surface area contributed by atoms with Crippen LogP contribution >= 0.6 is 0 Å². The van der Waals surface area contributed by atoms with E-state index in [1.165, 1.54) is 0 Å². The normalized spacial score (nSPS) is 13.7. The van der Waals surface area contributed by atoms with Crippen molar-refractivity contribution in [3.63, 3.8) is 0 Å². The van der Waals surface area contributed by atoms with E-state index >= 15 is 0 Å². The number of hydrogen-bond donors (Lipinski definition) is 2. The summed E-state index contributed by atoms with van der Waals surface area (Å²) in [4.78, 5) is 0.437. The largest absolute Gasteiger partial charge is 0.302 e. The van der Waals surface area contributed by atoms with Crippen LogP contribution in [0, 0.1) is 13.8 Å². The highest BCUT2D eigenvalue weighted by molar-refractivity contribution is 7.79. The first-order valence-corrected chi connectivity index (χ1v) is 10.9. The molecule has 0 aromatic heterocycles. The van der Waals surface area contributed by atoms with Crippen LogP contribution in [0.1, 0.15) is 11.1 Å². The van der Waals surface area contributed by atoms with Crippen LogP contribution in [0.4, 0.5) is 0 Å². The molecule has 142 valence electrons. The molecule has 4 aromatic rings. The summed E-state index contributed by atoms with van der Waals surface area (Å²) < 4.78 is 44.2. The van der Waals surface area contributed by atoms with Gasteiger partial charge >= 0.3 is 0 Å². The maximum absolute atomic E-state index is 12.1. The molecule has 2 N–H and O–H groups in total. The molecule has 2 unspecified atom stereocenters. The monoisotopic (exact) mass is 410 g/mol. The second-order valence-electron chi connectivity index (χ2n) is 6.82. The third-order valence-corrected chi connectivity index (χ3v) is 6.33. The summed E-state index contributed by atoms with van der Waals surface area (Å²) in [7, 11) is 0. The van der Waals surface area contributed by atoms with Crippen LogP contribution in [0.2, 0.25) is 0 Å². The molecular formula is C22H18O4S2. The van der Waals surface area contributed by atoms with Crippen molar-refractivity contribution in [2.45, 2.75) is 23.6 Å². The van der Waals surface area contributed by atoms with Gasteiger partial charge in [-0.1, -0.05) is 59.7 Å². The third kappa shape index (κ3) is 3.18. The van der Waals surface area contributed by atoms with E-state index in [0.29, 0.717) is 11.1 Å². The maximum Gasteiger partial charge on any atom is 0.187 e. The van der Waals surface area contributed by atoms with Gasteiger partial charge in [0.25, 0.3) is 0 Å². The average molecular weight is 411 g/mol. The highest BCUT2D eigenvalue weighted by Gasteiger charge is 2.21. The number of aryl methyl sites for hydroxylation is 2. The molecule has 4 nitrogen and oxygen atoms in total. The Labute approximate surface area is 167 Å². The topological polar surface area (TPSA) is 74.6 Å². The van der Waals surface area contributed by atoms with Crippen molar-refractivity contribution in [3.05, 3.63) is 71.8 Å². The van der Waals surface area contributed by atoms with Gasteiger partial charge in [0.15, 0.2) is 22.2 Å². The van der Waals surface area contributed by atoms with Crippen LogP contribution in [0.25, 0.3) is 32.7 Å². The highest BCUT2D eigenvalue weighted by Crippen LogP contribution is 2.41. The lowest BCUT2D eigenvalue weighted by atomic mass is 9.92. The lowest BCUT2D eigenvalue weighted by Gasteiger charge is -2.17. The fraction of sp³-hybridized carbons (Fsp3) is 0.0909. The van der Waals surface area contributed by atoms with E-state index in [9.17, 15) is 17.5 Å². The first kappa shape index (κ1) is 19.0. The minimum atomic E-state index is -2.25. The third-order valence-electron chi connectivity index (χ3n) is 4.90. The van der Waals surface area contributed by atoms with Gasteiger partial charge in [0, 0.05) is 11.1 Å². The summed E-state index contributed by atoms with van der Waals surface area (Å²) in [6, 6.07) is 18.5. The van der Waals surface area contributed by atoms with Crippen LogP contribution < -0.4 is 0 Å². The van der Waals surface area contributed by atoms with Crippen molar-refractivity contribution in [2.24, 2.45) is 0 Å². The first-order valence-electron chi connectivity index (χ1n) is 8.65. The molecule has 4 aromatic carbocycles. The predicted octanol–water partition coefficient (Wildman–Crippen LogP) is 5.44. The molecule has 0 fully saturated rings. The minimum absolute atomic E-state index is 0.219. The summed E-state index contributed by atoms with van der Waals surface area (Å²) in [6.45, 7) is 3.96. The molecule has 4 rings (SSSR count). The second-order valence-corrected chi connectivity index (χ2v) is 8.70. The predicted molar refractivity (Wildman–Crippen MR) is 114 cm³/mol. The van der Waals surface area contributed by atoms with Gasteiger partial charge in [-0.25, -0.2) is 8.42 Å². The molecule has 0 heterocycles. The first-order chi connectivity index (χ1) is 13.4. The zero-order valence-electron chi connectivity index (χ0n) is 15.3. The summed E-state index contributed by atoms with van der Waals surface area (Å²) in [5.74, 6) is 0. The van der Waals surface area contributed by atoms with Crippen molar-refractivity contribution < 1.29 is 17.5 Å². The summed E-state index contributed by atoms with van der Waals surface area (Å²) in [5.41, 5.74) is 3.17. The Kier molecular flexibility index (Phi) is 4.89. The van der Waals surface area contributed by atoms with E-state index in [4.69, 9.17) is 0 Å². The van der Waals surface area contributed by atoms with Gasteiger partial charge in [0.05, 0.1) is 9.79 Å². The Balaban J connectivity index is 2.25. The molecule has 0 aliphatic carbocycles. The highest BCUT2D eigenvalue weighted by atomic mass is 32.2. The Bertz CT molecular complexity index is 1190. The van der Waals surface area contributed by atoms with E-state index in [2.05, 4.69) is 0 Å². The standard InChI is InChI=1S/C22H18O4S2/c1-13-3-7-17-15(11-13)5-9-19(27(23)24)21(17)22-18-8-4-14(2)12-16(18)6-10-20(22)28(25)26/h3-12H,1-2H3,(H,23,24)(H,25,26). The Morgan fingerprint density at radius 3 is 1.36 bits per heavy atom. The Morgan fingerprint density at radius 1 is 0.607 bits per heavy atom. The molecule has 28 heavy (non-hydrogen) atoms. The van der Waals surface area contributed by atoms with Crippen LogP contribution in [-0.4, -0.2) is 17.5 Å². The fourth-order valence-electron chi connectivity index (χ4n) is 3.67. The smallest absolute Gasteiger partial charge is 0.187 e. The fourth-order valence-corrected chi connectivity index (χ4v) is 4.81. The Hall–Kier alpha value is -2.38. The number of fused-ring (bicyclic) bond motifs is 2. The second kappa shape index (κ2) is 7.22. The van der Waals surface area contributed by atoms with Crippen LogP contribution in [0.15, 0.2) is 70.5 Å². The van der Waals surface area contributed by atoms with Crippen LogP contribution in [0.3, 0.4) is 0 Å². The molecule has 0 aliphatic heterocycles. The van der Waals surface area contributed by atoms with E-state index in [1.54, 1.807) is 24.3 Å². The molecular weight excluding hydrogens is 392 g/mol. The maximum atomic E-state index is 12.1. The minimum Gasteiger partial charge on any atom is -0.302 e. The molecule has 0 saturated carbocycles. The molecule has 0 aliphatic rings. The quantitative estimate of drug-likeness (QED) is 0.441. The lowest BCUT2D eigenvalue weighted by molar-refractivity contribution is 0.562. The van der Waals surface area contributed by atoms with Gasteiger partial charge in [-0.05, 0) is 47.5 Å². The zero-order valence-corrected chi connectivity index (χ0v) is 16.9. The summed E-state index contributed by atoms with van der Waals surface area (Å²) >= 11 is -4.50.